The summed E-state index contributed by atoms with van der Waals surface area (Å²) in [5, 5.41) is 15.9. The van der Waals surface area contributed by atoms with E-state index >= 15 is 0 Å². The number of hydrogen-bond acceptors (Lipinski definition) is 6. The van der Waals surface area contributed by atoms with Gasteiger partial charge in [-0.15, -0.1) is 5.10 Å². The van der Waals surface area contributed by atoms with E-state index in [4.69, 9.17) is 0 Å². The lowest BCUT2D eigenvalue weighted by Crippen LogP contribution is -2.36. The van der Waals surface area contributed by atoms with Crippen molar-refractivity contribution in [3.8, 4) is 0 Å². The van der Waals surface area contributed by atoms with Crippen LogP contribution in [0.5, 0.6) is 0 Å². The van der Waals surface area contributed by atoms with Gasteiger partial charge >= 0.3 is 17.7 Å². The first-order valence-electron chi connectivity index (χ1n) is 6.11. The second kappa shape index (κ2) is 6.79. The molecule has 1 aromatic carbocycles. The molecule has 1 heterocycles. The Hall–Kier alpha value is -3.49. The molecule has 0 fully saturated rings. The summed E-state index contributed by atoms with van der Waals surface area (Å²) in [7, 11) is 0. The fourth-order valence-corrected chi connectivity index (χ4v) is 1.43. The third kappa shape index (κ3) is 4.00. The number of nitrogens with zero attached hydrogens (tertiary/aromatic N) is 3. The van der Waals surface area contributed by atoms with E-state index in [-0.39, 0.29) is 5.82 Å². The van der Waals surface area contributed by atoms with Gasteiger partial charge in [-0.2, -0.15) is 0 Å². The van der Waals surface area contributed by atoms with Crippen LogP contribution < -0.4 is 10.9 Å². The Bertz CT molecular complexity index is 722. The maximum atomic E-state index is 11.7. The van der Waals surface area contributed by atoms with Gasteiger partial charge in [-0.25, -0.2) is 0 Å². The van der Waals surface area contributed by atoms with Crippen LogP contribution in [0.3, 0.4) is 0 Å². The Morgan fingerprint density at radius 1 is 1.32 bits per heavy atom. The van der Waals surface area contributed by atoms with Crippen LogP contribution in [0.1, 0.15) is 16.2 Å². The van der Waals surface area contributed by atoms with Gasteiger partial charge in [0.15, 0.2) is 0 Å². The lowest BCUT2D eigenvalue weighted by molar-refractivity contribution is -0.394. The Morgan fingerprint density at radius 2 is 2.05 bits per heavy atom. The predicted octanol–water partition coefficient (Wildman–Crippen LogP) is 1.17. The van der Waals surface area contributed by atoms with Crippen LogP contribution in [-0.4, -0.2) is 26.0 Å². The van der Waals surface area contributed by atoms with Crippen molar-refractivity contribution in [3.05, 3.63) is 70.2 Å². The number of carbonyl (C=O) groups excluding carboxylic acids is 1. The molecule has 1 aromatic heterocycles. The van der Waals surface area contributed by atoms with Gasteiger partial charge in [-0.1, -0.05) is 48.1 Å². The Kier molecular flexibility index (Phi) is 4.60. The third-order valence-electron chi connectivity index (χ3n) is 2.46. The average molecular weight is 300 g/mol. The van der Waals surface area contributed by atoms with Gasteiger partial charge in [0.05, 0.1) is 0 Å². The van der Waals surface area contributed by atoms with Crippen molar-refractivity contribution in [2.24, 2.45) is 0 Å². The molecular weight excluding hydrogens is 288 g/mol. The van der Waals surface area contributed by atoms with E-state index in [1.807, 2.05) is 35.4 Å². The van der Waals surface area contributed by atoms with Gasteiger partial charge in [0.25, 0.3) is 0 Å². The fraction of sp³-hybridized carbons (Fsp3) is 0. The van der Waals surface area contributed by atoms with Crippen LogP contribution in [0.4, 0.5) is 5.95 Å². The van der Waals surface area contributed by atoms with Crippen LogP contribution in [0.25, 0.3) is 6.08 Å². The number of aromatic nitrogens is 3. The van der Waals surface area contributed by atoms with E-state index < -0.39 is 16.8 Å². The summed E-state index contributed by atoms with van der Waals surface area (Å²) in [5.74, 6) is -1.68. The van der Waals surface area contributed by atoms with Crippen LogP contribution >= 0.6 is 0 Å². The zero-order valence-electron chi connectivity index (χ0n) is 11.3. The van der Waals surface area contributed by atoms with Crippen molar-refractivity contribution in [2.75, 3.05) is 0 Å². The van der Waals surface area contributed by atoms with Crippen LogP contribution in [0.15, 0.2) is 48.7 Å². The van der Waals surface area contributed by atoms with E-state index in [0.29, 0.717) is 5.70 Å². The number of hydrogen-bond donors (Lipinski definition) is 3. The van der Waals surface area contributed by atoms with E-state index in [1.54, 1.807) is 12.2 Å². The number of amides is 1. The molecule has 0 aliphatic heterocycles. The highest BCUT2D eigenvalue weighted by molar-refractivity contribution is 5.90. The molecule has 0 bridgehead atoms. The molecule has 0 aliphatic rings. The molecule has 2 aromatic rings. The van der Waals surface area contributed by atoms with E-state index in [2.05, 4.69) is 27.5 Å². The van der Waals surface area contributed by atoms with Gasteiger partial charge in [0.2, 0.25) is 0 Å². The minimum absolute atomic E-state index is 0.348. The number of rotatable bonds is 6. The first kappa shape index (κ1) is 14.9. The minimum Gasteiger partial charge on any atom is -0.390 e. The van der Waals surface area contributed by atoms with Gasteiger partial charge < -0.3 is 10.1 Å². The molecule has 22 heavy (non-hydrogen) atoms. The normalized spacial score (nSPS) is 10.4. The number of allylic oxidation sites excluding steroid dienone is 1. The maximum absolute atomic E-state index is 11.7. The highest BCUT2D eigenvalue weighted by Gasteiger charge is 2.20. The standard InChI is InChI=1S/C13H12N6O3/c1-9(7-8-10-5-3-2-4-6-10)15-17-12(20)11-14-13(18-16-11)19(21)22/h2-8,15H,1H2,(H,17,20)(H,14,16,18)/b8-7+. The number of aromatic amines is 1. The van der Waals surface area contributed by atoms with Crippen LogP contribution in [0.2, 0.25) is 0 Å². The highest BCUT2D eigenvalue weighted by Crippen LogP contribution is 2.03. The highest BCUT2D eigenvalue weighted by atomic mass is 16.6. The number of hydrazine groups is 1. The number of H-pyrrole nitrogens is 1. The minimum atomic E-state index is -0.779. The topological polar surface area (TPSA) is 126 Å². The maximum Gasteiger partial charge on any atom is 0.454 e. The van der Waals surface area contributed by atoms with Crippen LogP contribution in [0, 0.1) is 10.1 Å². The summed E-state index contributed by atoms with van der Waals surface area (Å²) in [6.07, 6.45) is 3.47. The smallest absolute Gasteiger partial charge is 0.390 e. The number of carbonyl (C=O) groups is 1. The van der Waals surface area contributed by atoms with Crippen molar-refractivity contribution < 1.29 is 9.72 Å². The summed E-state index contributed by atoms with van der Waals surface area (Å²) in [6, 6.07) is 9.52. The monoisotopic (exact) mass is 300 g/mol. The SMILES string of the molecule is C=C(/C=C/c1ccccc1)NNC(=O)c1n[nH]c([N+](=O)[O-])n1. The largest absolute Gasteiger partial charge is 0.454 e. The third-order valence-corrected chi connectivity index (χ3v) is 2.46. The zero-order chi connectivity index (χ0) is 15.9. The van der Waals surface area contributed by atoms with Gasteiger partial charge in [-0.05, 0) is 21.5 Å². The summed E-state index contributed by atoms with van der Waals surface area (Å²) >= 11 is 0. The molecule has 1 amide bonds. The Balaban J connectivity index is 1.86. The molecule has 3 N–H and O–H groups in total. The number of benzene rings is 1. The molecule has 2 rings (SSSR count). The molecule has 0 spiro atoms. The first-order chi connectivity index (χ1) is 10.6. The fourth-order valence-electron chi connectivity index (χ4n) is 1.43. The predicted molar refractivity (Wildman–Crippen MR) is 78.3 cm³/mol. The van der Waals surface area contributed by atoms with Gasteiger partial charge in [0, 0.05) is 5.70 Å². The van der Waals surface area contributed by atoms with E-state index in [9.17, 15) is 14.9 Å². The van der Waals surface area contributed by atoms with Crippen molar-refractivity contribution in [1.29, 1.82) is 0 Å². The molecule has 9 nitrogen and oxygen atoms in total. The molecule has 0 aliphatic carbocycles. The second-order valence-corrected chi connectivity index (χ2v) is 4.09. The lowest BCUT2D eigenvalue weighted by Gasteiger charge is -2.04. The second-order valence-electron chi connectivity index (χ2n) is 4.09. The van der Waals surface area contributed by atoms with Gasteiger partial charge in [0.1, 0.15) is 0 Å². The molecule has 0 atom stereocenters. The average Bonchev–Trinajstić information content (AvgIpc) is 3.02. The molecular formula is C13H12N6O3. The molecule has 0 radical (unpaired) electrons. The Labute approximate surface area is 124 Å². The molecule has 0 saturated carbocycles. The van der Waals surface area contributed by atoms with Crippen LogP contribution in [-0.2, 0) is 0 Å². The summed E-state index contributed by atoms with van der Waals surface area (Å²) < 4.78 is 0. The van der Waals surface area contributed by atoms with Crippen molar-refractivity contribution >= 4 is 17.9 Å². The summed E-state index contributed by atoms with van der Waals surface area (Å²) in [4.78, 5) is 24.7. The van der Waals surface area contributed by atoms with E-state index in [1.165, 1.54) is 0 Å². The lowest BCUT2D eigenvalue weighted by atomic mass is 10.2. The molecule has 0 unspecified atom stereocenters. The van der Waals surface area contributed by atoms with Crippen molar-refractivity contribution in [2.45, 2.75) is 0 Å². The van der Waals surface area contributed by atoms with Crippen molar-refractivity contribution in [3.63, 3.8) is 0 Å². The summed E-state index contributed by atoms with van der Waals surface area (Å²) in [5.41, 5.74) is 6.22. The number of nitrogens with one attached hydrogen (secondary N) is 3. The molecule has 112 valence electrons. The first-order valence-corrected chi connectivity index (χ1v) is 6.11. The number of nitro groups is 1. The molecule has 0 saturated heterocycles. The molecule has 9 heteroatoms. The summed E-state index contributed by atoms with van der Waals surface area (Å²) in [6.45, 7) is 3.70. The van der Waals surface area contributed by atoms with E-state index in [0.717, 1.165) is 5.56 Å². The van der Waals surface area contributed by atoms with Gasteiger partial charge in [-0.3, -0.25) is 15.6 Å². The van der Waals surface area contributed by atoms with Crippen molar-refractivity contribution in [1.82, 2.24) is 26.0 Å². The quantitative estimate of drug-likeness (QED) is 0.417. The Morgan fingerprint density at radius 3 is 2.68 bits per heavy atom. The zero-order valence-corrected chi connectivity index (χ0v) is 11.3.